The Balaban J connectivity index is 1.63. The molecule has 3 N–H and O–H groups in total. The molecule has 0 heterocycles. The van der Waals surface area contributed by atoms with E-state index in [0.717, 1.165) is 0 Å². The minimum absolute atomic E-state index is 0.152. The monoisotopic (exact) mass is 452 g/mol. The zero-order valence-electron chi connectivity index (χ0n) is 18.3. The molecule has 33 heavy (non-hydrogen) atoms. The van der Waals surface area contributed by atoms with Crippen LogP contribution in [0.2, 0.25) is 0 Å². The number of urea groups is 2. The summed E-state index contributed by atoms with van der Waals surface area (Å²) < 4.78 is 23.6. The summed E-state index contributed by atoms with van der Waals surface area (Å²) in [5.74, 6) is 0.866. The van der Waals surface area contributed by atoms with Crippen LogP contribution in [0.15, 0.2) is 72.8 Å². The average Bonchev–Trinajstić information content (AvgIpc) is 2.83. The first-order valence-corrected chi connectivity index (χ1v) is 10.2. The van der Waals surface area contributed by atoms with Crippen LogP contribution >= 0.6 is 0 Å². The quantitative estimate of drug-likeness (QED) is 0.462. The summed E-state index contributed by atoms with van der Waals surface area (Å²) in [6.07, 6.45) is 0. The van der Waals surface area contributed by atoms with E-state index >= 15 is 0 Å². The predicted molar refractivity (Wildman–Crippen MR) is 126 cm³/mol. The van der Waals surface area contributed by atoms with Gasteiger partial charge in [-0.3, -0.25) is 4.90 Å². The number of anilines is 3. The smallest absolute Gasteiger partial charge is 0.326 e. The normalized spacial score (nSPS) is 10.2. The van der Waals surface area contributed by atoms with Gasteiger partial charge < -0.3 is 25.4 Å². The Labute approximate surface area is 191 Å². The average molecular weight is 452 g/mol. The third-order valence-corrected chi connectivity index (χ3v) is 4.67. The molecule has 0 radical (unpaired) electrons. The van der Waals surface area contributed by atoms with Gasteiger partial charge in [0.15, 0.2) is 0 Å². The van der Waals surface area contributed by atoms with Gasteiger partial charge in [0, 0.05) is 36.2 Å². The van der Waals surface area contributed by atoms with Crippen LogP contribution < -0.4 is 30.3 Å². The second-order valence-electron chi connectivity index (χ2n) is 6.90. The molecule has 3 aromatic carbocycles. The van der Waals surface area contributed by atoms with E-state index in [-0.39, 0.29) is 13.1 Å². The minimum Gasteiger partial charge on any atom is -0.497 e. The standard InChI is InChI=1S/C24H25FN4O4/c1-32-21-12-8-18(9-13-21)28-24(31)29(20-10-6-17(25)7-11-20)15-14-26-23(30)27-19-4-3-5-22(16-19)33-2/h3-13,16H,14-15H2,1-2H3,(H,28,31)(H2,26,27,30). The van der Waals surface area contributed by atoms with Crippen molar-refractivity contribution in [2.24, 2.45) is 0 Å². The summed E-state index contributed by atoms with van der Waals surface area (Å²) in [6, 6.07) is 18.5. The van der Waals surface area contributed by atoms with Gasteiger partial charge in [-0.2, -0.15) is 0 Å². The van der Waals surface area contributed by atoms with Gasteiger partial charge in [0.05, 0.1) is 14.2 Å². The number of benzene rings is 3. The first-order valence-electron chi connectivity index (χ1n) is 10.2. The molecule has 0 spiro atoms. The number of halogens is 1. The van der Waals surface area contributed by atoms with Crippen LogP contribution in [0.25, 0.3) is 0 Å². The fourth-order valence-corrected chi connectivity index (χ4v) is 2.99. The number of hydrogen-bond donors (Lipinski definition) is 3. The molecule has 0 aromatic heterocycles. The molecule has 0 atom stereocenters. The van der Waals surface area contributed by atoms with Gasteiger partial charge in [-0.1, -0.05) is 6.07 Å². The maximum Gasteiger partial charge on any atom is 0.326 e. The highest BCUT2D eigenvalue weighted by molar-refractivity contribution is 6.01. The molecule has 0 saturated carbocycles. The van der Waals surface area contributed by atoms with Crippen LogP contribution in [0, 0.1) is 5.82 Å². The van der Waals surface area contributed by atoms with Crippen molar-refractivity contribution in [2.75, 3.05) is 42.8 Å². The summed E-state index contributed by atoms with van der Waals surface area (Å²) in [5, 5.41) is 8.21. The topological polar surface area (TPSA) is 91.9 Å². The molecular weight excluding hydrogens is 427 g/mol. The van der Waals surface area contributed by atoms with Gasteiger partial charge in [0.25, 0.3) is 0 Å². The molecule has 0 fully saturated rings. The summed E-state index contributed by atoms with van der Waals surface area (Å²) in [6.45, 7) is 0.308. The highest BCUT2D eigenvalue weighted by Crippen LogP contribution is 2.19. The first-order chi connectivity index (χ1) is 16.0. The molecule has 3 rings (SSSR count). The number of ether oxygens (including phenoxy) is 2. The first kappa shape index (κ1) is 23.4. The second-order valence-corrected chi connectivity index (χ2v) is 6.90. The molecule has 0 aliphatic rings. The molecule has 9 heteroatoms. The number of carbonyl (C=O) groups is 2. The van der Waals surface area contributed by atoms with E-state index in [4.69, 9.17) is 9.47 Å². The molecule has 0 aliphatic heterocycles. The fraction of sp³-hybridized carbons (Fsp3) is 0.167. The van der Waals surface area contributed by atoms with E-state index in [2.05, 4.69) is 16.0 Å². The maximum atomic E-state index is 13.4. The predicted octanol–water partition coefficient (Wildman–Crippen LogP) is 4.70. The van der Waals surface area contributed by atoms with Gasteiger partial charge in [0.2, 0.25) is 0 Å². The largest absolute Gasteiger partial charge is 0.497 e. The number of carbonyl (C=O) groups excluding carboxylic acids is 2. The molecule has 0 bridgehead atoms. The van der Waals surface area contributed by atoms with Crippen LogP contribution in [0.1, 0.15) is 0 Å². The summed E-state index contributed by atoms with van der Waals surface area (Å²) in [5.41, 5.74) is 1.62. The zero-order valence-corrected chi connectivity index (χ0v) is 18.3. The van der Waals surface area contributed by atoms with Crippen molar-refractivity contribution in [3.05, 3.63) is 78.6 Å². The third kappa shape index (κ3) is 6.86. The lowest BCUT2D eigenvalue weighted by Gasteiger charge is -2.23. The van der Waals surface area contributed by atoms with Crippen molar-refractivity contribution in [3.8, 4) is 11.5 Å². The molecular formula is C24H25FN4O4. The molecule has 4 amide bonds. The maximum absolute atomic E-state index is 13.4. The molecule has 0 aliphatic carbocycles. The van der Waals surface area contributed by atoms with Gasteiger partial charge >= 0.3 is 12.1 Å². The van der Waals surface area contributed by atoms with E-state index in [1.54, 1.807) is 62.8 Å². The third-order valence-electron chi connectivity index (χ3n) is 4.67. The number of rotatable bonds is 8. The number of methoxy groups -OCH3 is 2. The zero-order chi connectivity index (χ0) is 23.6. The van der Waals surface area contributed by atoms with Crippen LogP contribution in [0.3, 0.4) is 0 Å². The summed E-state index contributed by atoms with van der Waals surface area (Å²) in [4.78, 5) is 26.6. The SMILES string of the molecule is COc1ccc(NC(=O)N(CCNC(=O)Nc2cccc(OC)c2)c2ccc(F)cc2)cc1. The molecule has 0 unspecified atom stereocenters. The Morgan fingerprint density at radius 3 is 2.21 bits per heavy atom. The Hall–Kier alpha value is -4.27. The lowest BCUT2D eigenvalue weighted by Crippen LogP contribution is -2.42. The minimum atomic E-state index is -0.433. The molecule has 0 saturated heterocycles. The number of hydrogen-bond acceptors (Lipinski definition) is 4. The van der Waals surface area contributed by atoms with E-state index in [1.165, 1.54) is 29.2 Å². The lowest BCUT2D eigenvalue weighted by atomic mass is 10.2. The Morgan fingerprint density at radius 1 is 0.848 bits per heavy atom. The molecule has 3 aromatic rings. The van der Waals surface area contributed by atoms with Crippen molar-refractivity contribution in [3.63, 3.8) is 0 Å². The van der Waals surface area contributed by atoms with E-state index in [0.29, 0.717) is 28.6 Å². The molecule has 172 valence electrons. The molecule has 8 nitrogen and oxygen atoms in total. The van der Waals surface area contributed by atoms with Gasteiger partial charge in [-0.05, 0) is 60.7 Å². The highest BCUT2D eigenvalue weighted by Gasteiger charge is 2.16. The van der Waals surface area contributed by atoms with E-state index in [9.17, 15) is 14.0 Å². The van der Waals surface area contributed by atoms with E-state index < -0.39 is 17.9 Å². The van der Waals surface area contributed by atoms with Crippen molar-refractivity contribution >= 4 is 29.1 Å². The number of nitrogens with zero attached hydrogens (tertiary/aromatic N) is 1. The second kappa shape index (κ2) is 11.4. The summed E-state index contributed by atoms with van der Waals surface area (Å²) in [7, 11) is 3.10. The summed E-state index contributed by atoms with van der Waals surface area (Å²) >= 11 is 0. The van der Waals surface area contributed by atoms with Crippen LogP contribution in [-0.4, -0.2) is 39.4 Å². The van der Waals surface area contributed by atoms with Crippen LogP contribution in [0.5, 0.6) is 11.5 Å². The number of nitrogens with one attached hydrogen (secondary N) is 3. The van der Waals surface area contributed by atoms with Gasteiger partial charge in [-0.25, -0.2) is 14.0 Å². The van der Waals surface area contributed by atoms with Crippen molar-refractivity contribution in [2.45, 2.75) is 0 Å². The van der Waals surface area contributed by atoms with Crippen LogP contribution in [-0.2, 0) is 0 Å². The Bertz CT molecular complexity index is 1070. The fourth-order valence-electron chi connectivity index (χ4n) is 2.99. The van der Waals surface area contributed by atoms with Gasteiger partial charge in [-0.15, -0.1) is 0 Å². The van der Waals surface area contributed by atoms with Crippen LogP contribution in [0.4, 0.5) is 31.0 Å². The van der Waals surface area contributed by atoms with Gasteiger partial charge in [0.1, 0.15) is 17.3 Å². The van der Waals surface area contributed by atoms with Crippen molar-refractivity contribution < 1.29 is 23.5 Å². The highest BCUT2D eigenvalue weighted by atomic mass is 19.1. The Morgan fingerprint density at radius 2 is 1.55 bits per heavy atom. The number of amides is 4. The van der Waals surface area contributed by atoms with Crippen molar-refractivity contribution in [1.29, 1.82) is 0 Å². The van der Waals surface area contributed by atoms with E-state index in [1.807, 2.05) is 0 Å². The Kier molecular flexibility index (Phi) is 8.07. The van der Waals surface area contributed by atoms with Crippen molar-refractivity contribution in [1.82, 2.24) is 5.32 Å². The lowest BCUT2D eigenvalue weighted by molar-refractivity contribution is 0.250.